The summed E-state index contributed by atoms with van der Waals surface area (Å²) in [6.07, 6.45) is 3.40. The number of hydrogen-bond acceptors (Lipinski definition) is 3. The van der Waals surface area contributed by atoms with Crippen LogP contribution in [-0.4, -0.2) is 11.8 Å². The van der Waals surface area contributed by atoms with Crippen molar-refractivity contribution in [3.8, 4) is 0 Å². The molecule has 1 aromatic carbocycles. The van der Waals surface area contributed by atoms with Crippen LogP contribution in [0, 0.1) is 5.92 Å². The van der Waals surface area contributed by atoms with Gasteiger partial charge in [0.15, 0.2) is 0 Å². The number of rotatable bonds is 4. The number of carboxylic acids is 1. The van der Waals surface area contributed by atoms with Crippen LogP contribution in [0.4, 0.5) is 0 Å². The summed E-state index contributed by atoms with van der Waals surface area (Å²) in [7, 11) is 0. The number of halogens is 1. The third kappa shape index (κ3) is 3.24. The van der Waals surface area contributed by atoms with Gasteiger partial charge in [-0.2, -0.15) is 0 Å². The lowest BCUT2D eigenvalue weighted by Gasteiger charge is -2.16. The van der Waals surface area contributed by atoms with Crippen LogP contribution in [0.25, 0.3) is 0 Å². The van der Waals surface area contributed by atoms with Gasteiger partial charge in [0.2, 0.25) is 0 Å². The minimum atomic E-state index is -1.08. The quantitative estimate of drug-likeness (QED) is 0.853. The Bertz CT molecular complexity index is 510. The third-order valence-corrected chi connectivity index (χ3v) is 4.48. The van der Waals surface area contributed by atoms with E-state index in [9.17, 15) is 14.7 Å². The summed E-state index contributed by atoms with van der Waals surface area (Å²) in [6, 6.07) is 5.63. The second kappa shape index (κ2) is 5.87. The lowest BCUT2D eigenvalue weighted by Crippen LogP contribution is -2.28. The van der Waals surface area contributed by atoms with Crippen LogP contribution >= 0.6 is 15.9 Å². The molecule has 3 nitrogen and oxygen atoms in total. The van der Waals surface area contributed by atoms with Crippen LogP contribution in [-0.2, 0) is 16.0 Å². The molecule has 1 saturated carbocycles. The van der Waals surface area contributed by atoms with E-state index in [1.807, 2.05) is 12.1 Å². The molecule has 0 aliphatic heterocycles. The van der Waals surface area contributed by atoms with Gasteiger partial charge in [-0.05, 0) is 36.5 Å². The van der Waals surface area contributed by atoms with E-state index in [2.05, 4.69) is 15.9 Å². The summed E-state index contributed by atoms with van der Waals surface area (Å²) in [5, 5.41) is 10.9. The first-order valence-corrected chi connectivity index (χ1v) is 7.30. The van der Waals surface area contributed by atoms with Gasteiger partial charge in [-0.1, -0.05) is 35.0 Å². The smallest absolute Gasteiger partial charge is 0.136 e. The lowest BCUT2D eigenvalue weighted by atomic mass is 9.94. The van der Waals surface area contributed by atoms with Crippen molar-refractivity contribution < 1.29 is 14.7 Å². The molecule has 102 valence electrons. The zero-order chi connectivity index (χ0) is 14.0. The molecule has 1 fully saturated rings. The van der Waals surface area contributed by atoms with Crippen LogP contribution in [0.15, 0.2) is 22.7 Å². The molecule has 2 unspecified atom stereocenters. The van der Waals surface area contributed by atoms with Crippen LogP contribution in [0.1, 0.15) is 43.2 Å². The Balaban J connectivity index is 2.14. The fourth-order valence-electron chi connectivity index (χ4n) is 2.56. The largest absolute Gasteiger partial charge is 0.550 e. The van der Waals surface area contributed by atoms with Crippen molar-refractivity contribution in [2.45, 2.75) is 38.5 Å². The monoisotopic (exact) mass is 323 g/mol. The minimum absolute atomic E-state index is 0.135. The number of Topliss-reactive ketones (excluding diaryl/α,β-unsaturated/α-hetero) is 1. The van der Waals surface area contributed by atoms with Crippen molar-refractivity contribution in [3.63, 3.8) is 0 Å². The molecule has 1 aromatic rings. The van der Waals surface area contributed by atoms with Crippen molar-refractivity contribution in [2.75, 3.05) is 0 Å². The molecule has 2 rings (SSSR count). The van der Waals surface area contributed by atoms with Crippen molar-refractivity contribution in [1.82, 2.24) is 0 Å². The fourth-order valence-corrected chi connectivity index (χ4v) is 3.33. The molecule has 0 N–H and O–H groups in total. The zero-order valence-electron chi connectivity index (χ0n) is 10.8. The minimum Gasteiger partial charge on any atom is -0.550 e. The summed E-state index contributed by atoms with van der Waals surface area (Å²) < 4.78 is 0.771. The van der Waals surface area contributed by atoms with Crippen molar-refractivity contribution >= 4 is 27.7 Å². The molecular formula is C15H16BrO3-. The standard InChI is InChI=1S/C15H17BrO3/c1-9(15(18)19)12-6-5-10(8-13(12)16)7-11-3-2-4-14(11)17/h5-6,8-9,11H,2-4,7H2,1H3,(H,18,19)/p-1. The van der Waals surface area contributed by atoms with Gasteiger partial charge in [-0.15, -0.1) is 0 Å². The maximum Gasteiger partial charge on any atom is 0.136 e. The normalized spacial score (nSPS) is 20.5. The van der Waals surface area contributed by atoms with Gasteiger partial charge < -0.3 is 9.90 Å². The molecule has 0 heterocycles. The van der Waals surface area contributed by atoms with Gasteiger partial charge in [0.1, 0.15) is 5.78 Å². The molecule has 0 saturated heterocycles. The number of carbonyl (C=O) groups excluding carboxylic acids is 2. The molecule has 4 heteroatoms. The van der Waals surface area contributed by atoms with Gasteiger partial charge in [-0.3, -0.25) is 4.79 Å². The second-order valence-corrected chi connectivity index (χ2v) is 6.01. The molecule has 1 aliphatic rings. The number of aliphatic carboxylic acids is 1. The molecule has 0 amide bonds. The second-order valence-electron chi connectivity index (χ2n) is 5.16. The highest BCUT2D eigenvalue weighted by atomic mass is 79.9. The Hall–Kier alpha value is -1.16. The molecule has 0 aromatic heterocycles. The molecule has 0 radical (unpaired) electrons. The zero-order valence-corrected chi connectivity index (χ0v) is 12.4. The summed E-state index contributed by atoms with van der Waals surface area (Å²) in [4.78, 5) is 22.5. The van der Waals surface area contributed by atoms with E-state index in [4.69, 9.17) is 0 Å². The third-order valence-electron chi connectivity index (χ3n) is 3.80. The van der Waals surface area contributed by atoms with Crippen LogP contribution in [0.2, 0.25) is 0 Å². The summed E-state index contributed by atoms with van der Waals surface area (Å²) >= 11 is 3.40. The number of benzene rings is 1. The Labute approximate surface area is 121 Å². The van der Waals surface area contributed by atoms with E-state index in [0.717, 1.165) is 29.3 Å². The average Bonchev–Trinajstić information content (AvgIpc) is 2.74. The molecule has 2 atom stereocenters. The van der Waals surface area contributed by atoms with Crippen LogP contribution in [0.3, 0.4) is 0 Å². The highest BCUT2D eigenvalue weighted by molar-refractivity contribution is 9.10. The van der Waals surface area contributed by atoms with Gasteiger partial charge in [0.25, 0.3) is 0 Å². The van der Waals surface area contributed by atoms with E-state index >= 15 is 0 Å². The molecule has 1 aliphatic carbocycles. The maximum atomic E-state index is 11.6. The summed E-state index contributed by atoms with van der Waals surface area (Å²) in [6.45, 7) is 1.61. The highest BCUT2D eigenvalue weighted by Gasteiger charge is 2.24. The Morgan fingerprint density at radius 2 is 2.26 bits per heavy atom. The van der Waals surface area contributed by atoms with E-state index in [1.54, 1.807) is 13.0 Å². The van der Waals surface area contributed by atoms with Crippen molar-refractivity contribution in [3.05, 3.63) is 33.8 Å². The van der Waals surface area contributed by atoms with Crippen molar-refractivity contribution in [2.24, 2.45) is 5.92 Å². The van der Waals surface area contributed by atoms with Crippen molar-refractivity contribution in [1.29, 1.82) is 0 Å². The Morgan fingerprint density at radius 3 is 2.79 bits per heavy atom. The SMILES string of the molecule is CC(C(=O)[O-])c1ccc(CC2CCCC2=O)cc1Br. The first kappa shape index (κ1) is 14.3. The predicted octanol–water partition coefficient (Wildman–Crippen LogP) is 2.21. The Kier molecular flexibility index (Phi) is 4.40. The fraction of sp³-hybridized carbons (Fsp3) is 0.467. The van der Waals surface area contributed by atoms with E-state index in [0.29, 0.717) is 17.8 Å². The number of carbonyl (C=O) groups is 2. The summed E-state index contributed by atoms with van der Waals surface area (Å²) in [5.41, 5.74) is 1.78. The van der Waals surface area contributed by atoms with E-state index in [1.165, 1.54) is 0 Å². The van der Waals surface area contributed by atoms with E-state index < -0.39 is 11.9 Å². The number of carboxylic acid groups (broad SMARTS) is 1. The number of hydrogen-bond donors (Lipinski definition) is 0. The first-order chi connectivity index (χ1) is 8.99. The molecular weight excluding hydrogens is 308 g/mol. The topological polar surface area (TPSA) is 57.2 Å². The first-order valence-electron chi connectivity index (χ1n) is 6.51. The average molecular weight is 324 g/mol. The van der Waals surface area contributed by atoms with Crippen LogP contribution in [0.5, 0.6) is 0 Å². The lowest BCUT2D eigenvalue weighted by molar-refractivity contribution is -0.307. The predicted molar refractivity (Wildman–Crippen MR) is 73.6 cm³/mol. The number of ketones is 1. The van der Waals surface area contributed by atoms with E-state index in [-0.39, 0.29) is 5.92 Å². The van der Waals surface area contributed by atoms with Gasteiger partial charge >= 0.3 is 0 Å². The summed E-state index contributed by atoms with van der Waals surface area (Å²) in [5.74, 6) is -1.24. The van der Waals surface area contributed by atoms with Gasteiger partial charge in [0.05, 0.1) is 0 Å². The molecule has 0 spiro atoms. The van der Waals surface area contributed by atoms with Gasteiger partial charge in [0, 0.05) is 28.7 Å². The van der Waals surface area contributed by atoms with Crippen LogP contribution < -0.4 is 5.11 Å². The Morgan fingerprint density at radius 1 is 1.53 bits per heavy atom. The molecule has 19 heavy (non-hydrogen) atoms. The van der Waals surface area contributed by atoms with Gasteiger partial charge in [-0.25, -0.2) is 0 Å². The maximum absolute atomic E-state index is 11.6. The molecule has 0 bridgehead atoms. The highest BCUT2D eigenvalue weighted by Crippen LogP contribution is 2.29.